The lowest BCUT2D eigenvalue weighted by atomic mass is 9.78. The number of fused-ring (bicyclic) bond motifs is 1. The van der Waals surface area contributed by atoms with E-state index in [1.165, 1.54) is 11.3 Å². The topological polar surface area (TPSA) is 71.1 Å². The fraction of sp³-hybridized carbons (Fsp3) is 0.583. The van der Waals surface area contributed by atoms with Crippen LogP contribution in [0, 0.1) is 5.41 Å². The maximum Gasteiger partial charge on any atom is 0.240 e. The molecule has 1 amide bonds. The Hall–Kier alpha value is -1.27. The number of anilines is 1. The van der Waals surface area contributed by atoms with Gasteiger partial charge in [0.2, 0.25) is 5.91 Å². The molecular formula is C12H17N3O2S. The SMILES string of the molecule is CNCC(=O)Nc1nc2c(s1)C(=O)CC(C)(C)C2. The molecule has 5 nitrogen and oxygen atoms in total. The number of ketones is 1. The Kier molecular flexibility index (Phi) is 3.49. The molecule has 2 rings (SSSR count). The summed E-state index contributed by atoms with van der Waals surface area (Å²) in [6, 6.07) is 0. The number of carbonyl (C=O) groups excluding carboxylic acids is 2. The molecule has 1 aromatic heterocycles. The summed E-state index contributed by atoms with van der Waals surface area (Å²) in [6.45, 7) is 4.36. The van der Waals surface area contributed by atoms with Gasteiger partial charge in [-0.2, -0.15) is 0 Å². The highest BCUT2D eigenvalue weighted by atomic mass is 32.1. The third-order valence-corrected chi connectivity index (χ3v) is 3.87. The Balaban J connectivity index is 2.19. The first-order chi connectivity index (χ1) is 8.41. The molecule has 1 aromatic rings. The molecule has 6 heteroatoms. The molecule has 1 aliphatic carbocycles. The van der Waals surface area contributed by atoms with Gasteiger partial charge in [-0.25, -0.2) is 4.98 Å². The van der Waals surface area contributed by atoms with Crippen LogP contribution >= 0.6 is 11.3 Å². The van der Waals surface area contributed by atoms with Crippen LogP contribution < -0.4 is 10.6 Å². The smallest absolute Gasteiger partial charge is 0.240 e. The van der Waals surface area contributed by atoms with Crippen molar-refractivity contribution >= 4 is 28.2 Å². The van der Waals surface area contributed by atoms with Gasteiger partial charge in [0.25, 0.3) is 0 Å². The Morgan fingerprint density at radius 2 is 2.17 bits per heavy atom. The standard InChI is InChI=1S/C12H17N3O2S/c1-12(2)4-7-10(8(16)5-12)18-11(14-7)15-9(17)6-13-3/h13H,4-6H2,1-3H3,(H,14,15,17). The third kappa shape index (κ3) is 2.76. The van der Waals surface area contributed by atoms with Crippen LogP contribution in [0.1, 0.15) is 35.6 Å². The van der Waals surface area contributed by atoms with Gasteiger partial charge < -0.3 is 10.6 Å². The number of amides is 1. The second-order valence-corrected chi connectivity index (χ2v) is 6.31. The Bertz CT molecular complexity index is 494. The second-order valence-electron chi connectivity index (χ2n) is 5.31. The number of Topliss-reactive ketones (excluding diaryl/α,β-unsaturated/α-hetero) is 1. The zero-order valence-electron chi connectivity index (χ0n) is 10.8. The largest absolute Gasteiger partial charge is 0.311 e. The summed E-state index contributed by atoms with van der Waals surface area (Å²) in [6.07, 6.45) is 1.33. The van der Waals surface area contributed by atoms with E-state index in [0.717, 1.165) is 12.1 Å². The number of aromatic nitrogens is 1. The zero-order chi connectivity index (χ0) is 13.3. The average molecular weight is 267 g/mol. The van der Waals surface area contributed by atoms with Crippen molar-refractivity contribution in [2.24, 2.45) is 5.41 Å². The maximum absolute atomic E-state index is 12.0. The molecule has 98 valence electrons. The highest BCUT2D eigenvalue weighted by molar-refractivity contribution is 7.17. The van der Waals surface area contributed by atoms with Gasteiger partial charge in [0.1, 0.15) is 0 Å². The number of nitrogens with one attached hydrogen (secondary N) is 2. The van der Waals surface area contributed by atoms with E-state index in [9.17, 15) is 9.59 Å². The lowest BCUT2D eigenvalue weighted by Crippen LogP contribution is -2.26. The Morgan fingerprint density at radius 3 is 2.83 bits per heavy atom. The van der Waals surface area contributed by atoms with Crippen LogP contribution in [0.5, 0.6) is 0 Å². The van der Waals surface area contributed by atoms with Crippen LogP contribution in [0.25, 0.3) is 0 Å². The van der Waals surface area contributed by atoms with Crippen LogP contribution in [0.3, 0.4) is 0 Å². The maximum atomic E-state index is 12.0. The van der Waals surface area contributed by atoms with Crippen LogP contribution in [0.15, 0.2) is 0 Å². The van der Waals surface area contributed by atoms with Gasteiger partial charge in [0.05, 0.1) is 17.1 Å². The normalized spacial score (nSPS) is 17.4. The predicted octanol–water partition coefficient (Wildman–Crippen LogP) is 1.46. The minimum Gasteiger partial charge on any atom is -0.311 e. The fourth-order valence-corrected chi connectivity index (χ4v) is 3.03. The number of hydrogen-bond acceptors (Lipinski definition) is 5. The zero-order valence-corrected chi connectivity index (χ0v) is 11.6. The van der Waals surface area contributed by atoms with Crippen molar-refractivity contribution in [3.05, 3.63) is 10.6 Å². The predicted molar refractivity (Wildman–Crippen MR) is 71.1 cm³/mol. The summed E-state index contributed by atoms with van der Waals surface area (Å²) in [5, 5.41) is 5.99. The van der Waals surface area contributed by atoms with Gasteiger partial charge in [0.15, 0.2) is 10.9 Å². The number of rotatable bonds is 3. The van der Waals surface area contributed by atoms with Crippen LogP contribution in [-0.4, -0.2) is 30.3 Å². The molecule has 2 N–H and O–H groups in total. The van der Waals surface area contributed by atoms with Gasteiger partial charge in [-0.3, -0.25) is 9.59 Å². The lowest BCUT2D eigenvalue weighted by molar-refractivity contribution is -0.115. The minimum atomic E-state index is -0.143. The number of thiazole rings is 1. The molecule has 0 aromatic carbocycles. The minimum absolute atomic E-state index is 0.0373. The second kappa shape index (κ2) is 4.78. The van der Waals surface area contributed by atoms with E-state index in [4.69, 9.17) is 0 Å². The first-order valence-corrected chi connectivity index (χ1v) is 6.70. The van der Waals surface area contributed by atoms with Crippen molar-refractivity contribution in [3.63, 3.8) is 0 Å². The molecule has 18 heavy (non-hydrogen) atoms. The molecule has 0 fully saturated rings. The van der Waals surface area contributed by atoms with E-state index in [1.54, 1.807) is 7.05 Å². The van der Waals surface area contributed by atoms with Crippen molar-refractivity contribution in [2.75, 3.05) is 18.9 Å². The summed E-state index contributed by atoms with van der Waals surface area (Å²) < 4.78 is 0. The van der Waals surface area contributed by atoms with Crippen LogP contribution in [-0.2, 0) is 11.2 Å². The number of likely N-dealkylation sites (N-methyl/N-ethyl adjacent to an activating group) is 1. The van der Waals surface area contributed by atoms with Gasteiger partial charge in [0, 0.05) is 6.42 Å². The lowest BCUT2D eigenvalue weighted by Gasteiger charge is -2.26. The monoisotopic (exact) mass is 267 g/mol. The molecule has 0 spiro atoms. The molecule has 0 bridgehead atoms. The van der Waals surface area contributed by atoms with Gasteiger partial charge in [-0.15, -0.1) is 0 Å². The van der Waals surface area contributed by atoms with Crippen molar-refractivity contribution < 1.29 is 9.59 Å². The summed E-state index contributed by atoms with van der Waals surface area (Å²) in [5.74, 6) is -0.0110. The third-order valence-electron chi connectivity index (χ3n) is 2.82. The quantitative estimate of drug-likeness (QED) is 0.869. The van der Waals surface area contributed by atoms with E-state index in [-0.39, 0.29) is 23.7 Å². The summed E-state index contributed by atoms with van der Waals surface area (Å²) in [5.41, 5.74) is 0.783. The van der Waals surface area contributed by atoms with Gasteiger partial charge >= 0.3 is 0 Å². The van der Waals surface area contributed by atoms with Gasteiger partial charge in [-0.05, 0) is 18.9 Å². The Morgan fingerprint density at radius 1 is 1.44 bits per heavy atom. The number of hydrogen-bond donors (Lipinski definition) is 2. The summed E-state index contributed by atoms with van der Waals surface area (Å²) >= 11 is 1.28. The molecule has 0 unspecified atom stereocenters. The van der Waals surface area contributed by atoms with Crippen LogP contribution in [0.2, 0.25) is 0 Å². The molecule has 0 saturated carbocycles. The number of carbonyl (C=O) groups is 2. The highest BCUT2D eigenvalue weighted by Gasteiger charge is 2.33. The molecule has 1 heterocycles. The fourth-order valence-electron chi connectivity index (χ4n) is 2.10. The number of nitrogens with zero attached hydrogens (tertiary/aromatic N) is 1. The van der Waals surface area contributed by atoms with Crippen molar-refractivity contribution in [2.45, 2.75) is 26.7 Å². The van der Waals surface area contributed by atoms with Crippen molar-refractivity contribution in [3.8, 4) is 0 Å². The summed E-state index contributed by atoms with van der Waals surface area (Å²) in [4.78, 5) is 28.5. The van der Waals surface area contributed by atoms with Crippen molar-refractivity contribution in [1.82, 2.24) is 10.3 Å². The molecule has 0 atom stereocenters. The van der Waals surface area contributed by atoms with E-state index >= 15 is 0 Å². The summed E-state index contributed by atoms with van der Waals surface area (Å²) in [7, 11) is 1.71. The average Bonchev–Trinajstić information content (AvgIpc) is 2.58. The van der Waals surface area contributed by atoms with E-state index in [1.807, 2.05) is 0 Å². The first kappa shape index (κ1) is 13.2. The highest BCUT2D eigenvalue weighted by Crippen LogP contribution is 2.38. The molecule has 0 radical (unpaired) electrons. The van der Waals surface area contributed by atoms with Crippen molar-refractivity contribution in [1.29, 1.82) is 0 Å². The molecular weight excluding hydrogens is 250 g/mol. The Labute approximate surface area is 110 Å². The van der Waals surface area contributed by atoms with Crippen LogP contribution in [0.4, 0.5) is 5.13 Å². The van der Waals surface area contributed by atoms with E-state index < -0.39 is 0 Å². The van der Waals surface area contributed by atoms with E-state index in [2.05, 4.69) is 29.5 Å². The van der Waals surface area contributed by atoms with Gasteiger partial charge in [-0.1, -0.05) is 25.2 Å². The molecule has 0 saturated heterocycles. The van der Waals surface area contributed by atoms with E-state index in [0.29, 0.717) is 16.4 Å². The first-order valence-electron chi connectivity index (χ1n) is 5.89. The molecule has 0 aliphatic heterocycles. The molecule has 1 aliphatic rings.